The zero-order valence-electron chi connectivity index (χ0n) is 13.4. The number of carbonyl (C=O) groups excluding carboxylic acids is 1. The van der Waals surface area contributed by atoms with Crippen LogP contribution in [-0.2, 0) is 11.2 Å². The Hall–Kier alpha value is -2.12. The lowest BCUT2D eigenvalue weighted by atomic mass is 9.94. The maximum Gasteiger partial charge on any atom is 0.314 e. The van der Waals surface area contributed by atoms with Gasteiger partial charge in [-0.25, -0.2) is 9.18 Å². The minimum absolute atomic E-state index is 0.217. The first-order valence-electron chi connectivity index (χ1n) is 8.13. The van der Waals surface area contributed by atoms with Gasteiger partial charge in [0.2, 0.25) is 0 Å². The van der Waals surface area contributed by atoms with Gasteiger partial charge in [-0.1, -0.05) is 0 Å². The highest BCUT2D eigenvalue weighted by atomic mass is 19.1. The van der Waals surface area contributed by atoms with Crippen LogP contribution in [0.25, 0.3) is 10.9 Å². The Morgan fingerprint density at radius 1 is 1.33 bits per heavy atom. The van der Waals surface area contributed by atoms with Crippen molar-refractivity contribution >= 4 is 16.9 Å². The van der Waals surface area contributed by atoms with Crippen molar-refractivity contribution in [1.82, 2.24) is 15.6 Å². The molecule has 1 aliphatic rings. The first-order valence-corrected chi connectivity index (χ1v) is 8.13. The van der Waals surface area contributed by atoms with Crippen molar-refractivity contribution in [3.63, 3.8) is 0 Å². The lowest BCUT2D eigenvalue weighted by Crippen LogP contribution is -2.49. The van der Waals surface area contributed by atoms with E-state index in [1.807, 2.05) is 6.20 Å². The Balaban J connectivity index is 1.44. The van der Waals surface area contributed by atoms with Crippen LogP contribution in [0.4, 0.5) is 9.18 Å². The van der Waals surface area contributed by atoms with E-state index >= 15 is 0 Å². The average Bonchev–Trinajstić information content (AvgIpc) is 2.96. The lowest BCUT2D eigenvalue weighted by molar-refractivity contribution is -0.0600. The highest BCUT2D eigenvalue weighted by Gasteiger charge is 2.29. The molecule has 4 N–H and O–H groups in total. The fourth-order valence-corrected chi connectivity index (χ4v) is 2.91. The van der Waals surface area contributed by atoms with E-state index in [2.05, 4.69) is 15.6 Å². The third-order valence-corrected chi connectivity index (χ3v) is 4.41. The van der Waals surface area contributed by atoms with Gasteiger partial charge in [-0.2, -0.15) is 0 Å². The molecule has 1 aromatic carbocycles. The molecule has 0 atom stereocenters. The van der Waals surface area contributed by atoms with Crippen LogP contribution in [-0.4, -0.2) is 48.0 Å². The molecule has 130 valence electrons. The van der Waals surface area contributed by atoms with E-state index in [1.54, 1.807) is 6.07 Å². The van der Waals surface area contributed by atoms with Gasteiger partial charge in [0.1, 0.15) is 5.82 Å². The fraction of sp³-hybridized carbons (Fsp3) is 0.471. The molecule has 3 rings (SSSR count). The molecular weight excluding hydrogens is 313 g/mol. The summed E-state index contributed by atoms with van der Waals surface area (Å²) < 4.78 is 18.4. The number of carbonyl (C=O) groups is 1. The average molecular weight is 335 g/mol. The zero-order valence-corrected chi connectivity index (χ0v) is 13.4. The van der Waals surface area contributed by atoms with Gasteiger partial charge in [-0.15, -0.1) is 0 Å². The number of aromatic amines is 1. The fourth-order valence-electron chi connectivity index (χ4n) is 2.91. The smallest absolute Gasteiger partial charge is 0.314 e. The number of H-pyrrole nitrogens is 1. The number of halogens is 1. The second-order valence-corrected chi connectivity index (χ2v) is 6.20. The van der Waals surface area contributed by atoms with Gasteiger partial charge in [-0.3, -0.25) is 0 Å². The van der Waals surface area contributed by atoms with Crippen LogP contribution in [0.5, 0.6) is 0 Å². The molecule has 2 amide bonds. The van der Waals surface area contributed by atoms with Crippen LogP contribution in [0.2, 0.25) is 0 Å². The molecule has 0 radical (unpaired) electrons. The predicted molar refractivity (Wildman–Crippen MR) is 88.4 cm³/mol. The van der Waals surface area contributed by atoms with Crippen molar-refractivity contribution in [3.05, 3.63) is 35.8 Å². The molecule has 0 saturated carbocycles. The van der Waals surface area contributed by atoms with Crippen molar-refractivity contribution in [1.29, 1.82) is 0 Å². The van der Waals surface area contributed by atoms with Gasteiger partial charge in [0, 0.05) is 56.2 Å². The molecule has 1 aliphatic heterocycles. The molecule has 1 aromatic heterocycles. The number of benzene rings is 1. The Kier molecular flexibility index (Phi) is 5.01. The Bertz CT molecular complexity index is 710. The molecule has 2 aromatic rings. The normalized spacial score (nSPS) is 16.9. The highest BCUT2D eigenvalue weighted by molar-refractivity contribution is 5.83. The molecule has 1 saturated heterocycles. The van der Waals surface area contributed by atoms with E-state index in [0.29, 0.717) is 39.0 Å². The largest absolute Gasteiger partial charge is 0.388 e. The molecule has 24 heavy (non-hydrogen) atoms. The second-order valence-electron chi connectivity index (χ2n) is 6.20. The van der Waals surface area contributed by atoms with Crippen molar-refractivity contribution < 1.29 is 19.0 Å². The molecular formula is C17H22FN3O3. The zero-order chi connectivity index (χ0) is 17.0. The number of urea groups is 1. The van der Waals surface area contributed by atoms with E-state index in [-0.39, 0.29) is 18.4 Å². The summed E-state index contributed by atoms with van der Waals surface area (Å²) in [6, 6.07) is 4.31. The highest BCUT2D eigenvalue weighted by Crippen LogP contribution is 2.20. The van der Waals surface area contributed by atoms with E-state index in [9.17, 15) is 14.3 Å². The molecule has 6 nitrogen and oxygen atoms in total. The summed E-state index contributed by atoms with van der Waals surface area (Å²) in [4.78, 5) is 14.9. The van der Waals surface area contributed by atoms with Crippen LogP contribution < -0.4 is 10.6 Å². The maximum atomic E-state index is 13.2. The van der Waals surface area contributed by atoms with Gasteiger partial charge >= 0.3 is 6.03 Å². The number of ether oxygens (including phenoxy) is 1. The van der Waals surface area contributed by atoms with Crippen LogP contribution in [0.1, 0.15) is 18.4 Å². The quantitative estimate of drug-likeness (QED) is 0.671. The summed E-state index contributed by atoms with van der Waals surface area (Å²) in [5, 5.41) is 16.7. The summed E-state index contributed by atoms with van der Waals surface area (Å²) in [6.45, 7) is 1.70. The van der Waals surface area contributed by atoms with E-state index < -0.39 is 5.60 Å². The first-order chi connectivity index (χ1) is 11.6. The summed E-state index contributed by atoms with van der Waals surface area (Å²) >= 11 is 0. The summed E-state index contributed by atoms with van der Waals surface area (Å²) in [7, 11) is 0. The Morgan fingerprint density at radius 3 is 2.92 bits per heavy atom. The van der Waals surface area contributed by atoms with Gasteiger partial charge in [0.25, 0.3) is 0 Å². The van der Waals surface area contributed by atoms with Gasteiger partial charge in [-0.05, 0) is 30.2 Å². The molecule has 7 heteroatoms. The number of amides is 2. The number of nitrogens with one attached hydrogen (secondary N) is 3. The molecule has 0 aliphatic carbocycles. The summed E-state index contributed by atoms with van der Waals surface area (Å²) in [6.07, 6.45) is 3.52. The molecule has 2 heterocycles. The SMILES string of the molecule is O=C(NCCc1c[nH]c2cc(F)ccc12)NCC1(O)CCOCC1. The minimum atomic E-state index is -0.878. The van der Waals surface area contributed by atoms with Crippen LogP contribution in [0.15, 0.2) is 24.4 Å². The van der Waals surface area contributed by atoms with Crippen LogP contribution >= 0.6 is 0 Å². The minimum Gasteiger partial charge on any atom is -0.388 e. The summed E-state index contributed by atoms with van der Waals surface area (Å²) in [5.41, 5.74) is 0.890. The molecule has 0 bridgehead atoms. The van der Waals surface area contributed by atoms with Crippen molar-refractivity contribution in [2.24, 2.45) is 0 Å². The van der Waals surface area contributed by atoms with Crippen molar-refractivity contribution in [2.75, 3.05) is 26.3 Å². The number of rotatable bonds is 5. The summed E-state index contributed by atoms with van der Waals surface area (Å²) in [5.74, 6) is -0.278. The topological polar surface area (TPSA) is 86.4 Å². The van der Waals surface area contributed by atoms with Gasteiger partial charge < -0.3 is 25.5 Å². The third kappa shape index (κ3) is 4.04. The number of hydrogen-bond donors (Lipinski definition) is 4. The standard InChI is InChI=1S/C17H22FN3O3/c18-13-1-2-14-12(10-20-15(14)9-13)3-6-19-16(22)21-11-17(23)4-7-24-8-5-17/h1-2,9-10,20,23H,3-8,11H2,(H2,19,21,22). The maximum absolute atomic E-state index is 13.2. The van der Waals surface area contributed by atoms with E-state index in [4.69, 9.17) is 4.74 Å². The number of fused-ring (bicyclic) bond motifs is 1. The third-order valence-electron chi connectivity index (χ3n) is 4.41. The molecule has 0 spiro atoms. The van der Waals surface area contributed by atoms with Gasteiger partial charge in [0.15, 0.2) is 0 Å². The van der Waals surface area contributed by atoms with E-state index in [0.717, 1.165) is 16.5 Å². The first kappa shape index (κ1) is 16.7. The number of aliphatic hydroxyl groups is 1. The van der Waals surface area contributed by atoms with Crippen molar-refractivity contribution in [3.8, 4) is 0 Å². The molecule has 0 unspecified atom stereocenters. The second kappa shape index (κ2) is 7.19. The van der Waals surface area contributed by atoms with Crippen LogP contribution in [0, 0.1) is 5.82 Å². The number of hydrogen-bond acceptors (Lipinski definition) is 3. The predicted octanol–water partition coefficient (Wildman–Crippen LogP) is 1.69. The molecule has 1 fully saturated rings. The lowest BCUT2D eigenvalue weighted by Gasteiger charge is -2.32. The monoisotopic (exact) mass is 335 g/mol. The number of aromatic nitrogens is 1. The van der Waals surface area contributed by atoms with Crippen molar-refractivity contribution in [2.45, 2.75) is 24.9 Å². The Morgan fingerprint density at radius 2 is 2.12 bits per heavy atom. The van der Waals surface area contributed by atoms with Crippen LogP contribution in [0.3, 0.4) is 0 Å². The van der Waals surface area contributed by atoms with E-state index in [1.165, 1.54) is 12.1 Å². The van der Waals surface area contributed by atoms with Gasteiger partial charge in [0.05, 0.1) is 5.60 Å². The Labute approximate surface area is 139 Å².